The maximum absolute atomic E-state index is 14.0. The van der Waals surface area contributed by atoms with E-state index < -0.39 is 28.5 Å². The molecule has 0 saturated heterocycles. The normalized spacial score (nSPS) is 13.3. The lowest BCUT2D eigenvalue weighted by Gasteiger charge is -2.33. The van der Waals surface area contributed by atoms with Gasteiger partial charge in [0.1, 0.15) is 25.8 Å². The van der Waals surface area contributed by atoms with E-state index >= 15 is 0 Å². The van der Waals surface area contributed by atoms with Crippen molar-refractivity contribution in [3.05, 3.63) is 90.0 Å². The van der Waals surface area contributed by atoms with Crippen molar-refractivity contribution in [3.63, 3.8) is 0 Å². The number of carbonyl (C=O) groups excluding carboxylic acids is 2. The third kappa shape index (κ3) is 6.88. The van der Waals surface area contributed by atoms with E-state index in [4.69, 9.17) is 9.47 Å². The van der Waals surface area contributed by atoms with Crippen molar-refractivity contribution in [1.29, 1.82) is 0 Å². The number of anilines is 1. The SMILES string of the molecule is CCS(=O)(=O)N(CC(=O)N(Cc1ccccc1)[C@@H](Cc1ccccc1)C(=O)NC)c1ccc2c(c1)OCCO2. The van der Waals surface area contributed by atoms with Crippen LogP contribution in [0.25, 0.3) is 0 Å². The summed E-state index contributed by atoms with van der Waals surface area (Å²) in [5, 5.41) is 2.67. The molecule has 1 N–H and O–H groups in total. The second-order valence-electron chi connectivity index (χ2n) is 9.06. The van der Waals surface area contributed by atoms with Crippen LogP contribution >= 0.6 is 0 Å². The number of benzene rings is 3. The molecule has 3 aromatic rings. The number of ether oxygens (including phenoxy) is 2. The highest BCUT2D eigenvalue weighted by atomic mass is 32.2. The third-order valence-electron chi connectivity index (χ3n) is 6.51. The molecule has 1 atom stereocenters. The predicted octanol–water partition coefficient (Wildman–Crippen LogP) is 3.00. The zero-order valence-electron chi connectivity index (χ0n) is 22.1. The summed E-state index contributed by atoms with van der Waals surface area (Å²) < 4.78 is 38.8. The number of fused-ring (bicyclic) bond motifs is 1. The molecule has 0 bridgehead atoms. The van der Waals surface area contributed by atoms with E-state index in [9.17, 15) is 18.0 Å². The average Bonchev–Trinajstić information content (AvgIpc) is 2.97. The third-order valence-corrected chi connectivity index (χ3v) is 8.25. The topological polar surface area (TPSA) is 105 Å². The molecule has 1 heterocycles. The van der Waals surface area contributed by atoms with E-state index in [1.807, 2.05) is 60.7 Å². The van der Waals surface area contributed by atoms with Crippen LogP contribution in [0.2, 0.25) is 0 Å². The highest BCUT2D eigenvalue weighted by Gasteiger charge is 2.33. The van der Waals surface area contributed by atoms with Crippen LogP contribution in [-0.4, -0.2) is 63.7 Å². The van der Waals surface area contributed by atoms with Crippen LogP contribution in [0.15, 0.2) is 78.9 Å². The Balaban J connectivity index is 1.71. The second-order valence-corrected chi connectivity index (χ2v) is 11.2. The second kappa shape index (κ2) is 12.7. The van der Waals surface area contributed by atoms with Gasteiger partial charge < -0.3 is 19.7 Å². The van der Waals surface area contributed by atoms with Crippen LogP contribution in [-0.2, 0) is 32.6 Å². The Hall–Kier alpha value is -4.05. The molecule has 10 heteroatoms. The highest BCUT2D eigenvalue weighted by Crippen LogP contribution is 2.35. The minimum absolute atomic E-state index is 0.131. The van der Waals surface area contributed by atoms with Crippen LogP contribution in [0.4, 0.5) is 5.69 Å². The van der Waals surface area contributed by atoms with Crippen LogP contribution in [0.1, 0.15) is 18.1 Å². The van der Waals surface area contributed by atoms with Crippen molar-refractivity contribution in [1.82, 2.24) is 10.2 Å². The molecule has 0 aromatic heterocycles. The molecule has 0 spiro atoms. The lowest BCUT2D eigenvalue weighted by molar-refractivity contribution is -0.139. The number of nitrogens with zero attached hydrogens (tertiary/aromatic N) is 2. The van der Waals surface area contributed by atoms with Crippen LogP contribution in [0.3, 0.4) is 0 Å². The Morgan fingerprint density at radius 1 is 0.897 bits per heavy atom. The van der Waals surface area contributed by atoms with Crippen LogP contribution in [0.5, 0.6) is 11.5 Å². The van der Waals surface area contributed by atoms with E-state index in [0.717, 1.165) is 15.4 Å². The molecule has 0 unspecified atom stereocenters. The molecule has 3 aromatic carbocycles. The molecule has 4 rings (SSSR count). The number of likely N-dealkylation sites (N-methyl/N-ethyl adjacent to an activating group) is 1. The van der Waals surface area contributed by atoms with Crippen molar-refractivity contribution in [2.75, 3.05) is 36.9 Å². The number of rotatable bonds is 11. The van der Waals surface area contributed by atoms with Gasteiger partial charge in [0.25, 0.3) is 0 Å². The first-order valence-electron chi connectivity index (χ1n) is 12.8. The van der Waals surface area contributed by atoms with Crippen molar-refractivity contribution < 1.29 is 27.5 Å². The molecule has 0 aliphatic carbocycles. The Morgan fingerprint density at radius 2 is 1.51 bits per heavy atom. The first-order valence-corrected chi connectivity index (χ1v) is 14.4. The molecule has 39 heavy (non-hydrogen) atoms. The van der Waals surface area contributed by atoms with E-state index in [1.165, 1.54) is 18.9 Å². The zero-order valence-corrected chi connectivity index (χ0v) is 22.9. The summed E-state index contributed by atoms with van der Waals surface area (Å²) in [6, 6.07) is 22.7. The number of amides is 2. The summed E-state index contributed by atoms with van der Waals surface area (Å²) in [5.41, 5.74) is 1.98. The van der Waals surface area contributed by atoms with Gasteiger partial charge in [-0.2, -0.15) is 0 Å². The Morgan fingerprint density at radius 3 is 2.13 bits per heavy atom. The lowest BCUT2D eigenvalue weighted by atomic mass is 10.0. The molecular formula is C29H33N3O6S. The van der Waals surface area contributed by atoms with Crippen LogP contribution < -0.4 is 19.1 Å². The molecule has 0 fully saturated rings. The van der Waals surface area contributed by atoms with E-state index in [0.29, 0.717) is 24.7 Å². The van der Waals surface area contributed by atoms with E-state index in [1.54, 1.807) is 18.2 Å². The Labute approximate surface area is 229 Å². The molecule has 9 nitrogen and oxygen atoms in total. The maximum Gasteiger partial charge on any atom is 0.244 e. The Kier molecular flexibility index (Phi) is 9.08. The van der Waals surface area contributed by atoms with E-state index in [-0.39, 0.29) is 30.3 Å². The van der Waals surface area contributed by atoms with Gasteiger partial charge in [-0.3, -0.25) is 13.9 Å². The summed E-state index contributed by atoms with van der Waals surface area (Å²) >= 11 is 0. The largest absolute Gasteiger partial charge is 0.486 e. The average molecular weight is 552 g/mol. The zero-order chi connectivity index (χ0) is 27.8. The molecule has 0 radical (unpaired) electrons. The smallest absolute Gasteiger partial charge is 0.244 e. The van der Waals surface area contributed by atoms with Gasteiger partial charge in [0.15, 0.2) is 11.5 Å². The minimum Gasteiger partial charge on any atom is -0.486 e. The summed E-state index contributed by atoms with van der Waals surface area (Å²) in [4.78, 5) is 28.6. The van der Waals surface area contributed by atoms with Gasteiger partial charge in [-0.1, -0.05) is 60.7 Å². The predicted molar refractivity (Wildman–Crippen MR) is 149 cm³/mol. The molecule has 1 aliphatic rings. The number of sulfonamides is 1. The van der Waals surface area contributed by atoms with Gasteiger partial charge in [0, 0.05) is 26.1 Å². The lowest BCUT2D eigenvalue weighted by Crippen LogP contribution is -2.53. The van der Waals surface area contributed by atoms with Crippen molar-refractivity contribution in [2.45, 2.75) is 25.9 Å². The highest BCUT2D eigenvalue weighted by molar-refractivity contribution is 7.92. The number of hydrogen-bond donors (Lipinski definition) is 1. The van der Waals surface area contributed by atoms with Crippen molar-refractivity contribution in [2.24, 2.45) is 0 Å². The molecular weight excluding hydrogens is 518 g/mol. The van der Waals surface area contributed by atoms with Gasteiger partial charge in [0.05, 0.1) is 11.4 Å². The fourth-order valence-corrected chi connectivity index (χ4v) is 5.46. The van der Waals surface area contributed by atoms with Gasteiger partial charge >= 0.3 is 0 Å². The number of hydrogen-bond acceptors (Lipinski definition) is 6. The van der Waals surface area contributed by atoms with Gasteiger partial charge in [0.2, 0.25) is 21.8 Å². The molecule has 0 saturated carbocycles. The summed E-state index contributed by atoms with van der Waals surface area (Å²) in [7, 11) is -2.34. The van der Waals surface area contributed by atoms with Crippen molar-refractivity contribution in [3.8, 4) is 11.5 Å². The monoisotopic (exact) mass is 551 g/mol. The number of nitrogens with one attached hydrogen (secondary N) is 1. The summed E-state index contributed by atoms with van der Waals surface area (Å²) in [6.07, 6.45) is 0.267. The van der Waals surface area contributed by atoms with Gasteiger partial charge in [-0.15, -0.1) is 0 Å². The molecule has 206 valence electrons. The summed E-state index contributed by atoms with van der Waals surface area (Å²) in [5.74, 6) is -0.131. The van der Waals surface area contributed by atoms with Crippen LogP contribution in [0, 0.1) is 0 Å². The van der Waals surface area contributed by atoms with Crippen molar-refractivity contribution >= 4 is 27.5 Å². The first kappa shape index (κ1) is 28.0. The fraction of sp³-hybridized carbons (Fsp3) is 0.310. The fourth-order valence-electron chi connectivity index (χ4n) is 4.41. The summed E-state index contributed by atoms with van der Waals surface area (Å²) in [6.45, 7) is 1.92. The Bertz CT molecular complexity index is 1380. The molecule has 1 aliphatic heterocycles. The van der Waals surface area contributed by atoms with Gasteiger partial charge in [-0.05, 0) is 30.2 Å². The minimum atomic E-state index is -3.86. The first-order chi connectivity index (χ1) is 18.8. The standard InChI is InChI=1S/C29H33N3O6S/c1-3-39(35,36)32(24-14-15-26-27(19-24)38-17-16-37-26)21-28(33)31(20-23-12-8-5-9-13-23)25(29(34)30-2)18-22-10-6-4-7-11-22/h4-15,19,25H,3,16-18,20-21H2,1-2H3,(H,30,34)/t25-/m0/s1. The quantitative estimate of drug-likeness (QED) is 0.393. The van der Waals surface area contributed by atoms with Gasteiger partial charge in [-0.25, -0.2) is 8.42 Å². The maximum atomic E-state index is 14.0. The number of carbonyl (C=O) groups is 2. The molecule has 2 amide bonds. The van der Waals surface area contributed by atoms with E-state index in [2.05, 4.69) is 5.32 Å².